The van der Waals surface area contributed by atoms with Crippen molar-refractivity contribution >= 4 is 16.6 Å². The molecule has 0 amide bonds. The molecule has 23 heavy (non-hydrogen) atoms. The fourth-order valence-electron chi connectivity index (χ4n) is 3.93. The molecular formula is C19H18N4. The van der Waals surface area contributed by atoms with E-state index in [0.29, 0.717) is 12.1 Å². The van der Waals surface area contributed by atoms with Crippen molar-refractivity contribution in [1.29, 1.82) is 0 Å². The molecule has 2 aliphatic rings. The van der Waals surface area contributed by atoms with Gasteiger partial charge >= 0.3 is 0 Å². The van der Waals surface area contributed by atoms with Crippen LogP contribution >= 0.6 is 0 Å². The van der Waals surface area contributed by atoms with E-state index in [0.717, 1.165) is 30.2 Å². The van der Waals surface area contributed by atoms with Crippen LogP contribution in [0.4, 0.5) is 5.82 Å². The molecule has 5 rings (SSSR count). The zero-order valence-electron chi connectivity index (χ0n) is 12.8. The highest BCUT2D eigenvalue weighted by Crippen LogP contribution is 2.35. The zero-order chi connectivity index (χ0) is 15.2. The molecule has 2 bridgehead atoms. The van der Waals surface area contributed by atoms with Gasteiger partial charge in [-0.15, -0.1) is 10.2 Å². The highest BCUT2D eigenvalue weighted by Gasteiger charge is 2.39. The Hall–Kier alpha value is -2.46. The standard InChI is InChI=1S/C19H18N4/c1-2-6-13(7-3-1)18-16-8-4-5-9-17(16)19(22-21-18)23-12-14-10-15(23)11-20-14/h1-9,14-15,20H,10-12H2/t14-,15-/m0/s1. The minimum Gasteiger partial charge on any atom is -0.349 e. The molecule has 4 nitrogen and oxygen atoms in total. The zero-order valence-corrected chi connectivity index (χ0v) is 12.8. The molecule has 2 aromatic carbocycles. The first kappa shape index (κ1) is 13.0. The van der Waals surface area contributed by atoms with Crippen molar-refractivity contribution < 1.29 is 0 Å². The summed E-state index contributed by atoms with van der Waals surface area (Å²) in [4.78, 5) is 2.44. The van der Waals surface area contributed by atoms with Gasteiger partial charge in [-0.2, -0.15) is 0 Å². The molecular weight excluding hydrogens is 284 g/mol. The summed E-state index contributed by atoms with van der Waals surface area (Å²) in [6.45, 7) is 2.09. The van der Waals surface area contributed by atoms with Crippen molar-refractivity contribution in [3.63, 3.8) is 0 Å². The molecule has 0 aliphatic carbocycles. The van der Waals surface area contributed by atoms with Crippen LogP contribution in [0.1, 0.15) is 6.42 Å². The van der Waals surface area contributed by atoms with Crippen molar-refractivity contribution in [3.8, 4) is 11.3 Å². The number of fused-ring (bicyclic) bond motifs is 3. The highest BCUT2D eigenvalue weighted by molar-refractivity contribution is 6.00. The number of hydrogen-bond donors (Lipinski definition) is 1. The first-order valence-electron chi connectivity index (χ1n) is 8.21. The van der Waals surface area contributed by atoms with Crippen LogP contribution < -0.4 is 10.2 Å². The summed E-state index contributed by atoms with van der Waals surface area (Å²) >= 11 is 0. The maximum atomic E-state index is 4.63. The Bertz CT molecular complexity index is 862. The number of nitrogens with one attached hydrogen (secondary N) is 1. The van der Waals surface area contributed by atoms with Gasteiger partial charge in [0.25, 0.3) is 0 Å². The maximum Gasteiger partial charge on any atom is 0.159 e. The Morgan fingerprint density at radius 3 is 2.43 bits per heavy atom. The average molecular weight is 302 g/mol. The molecule has 2 aliphatic heterocycles. The van der Waals surface area contributed by atoms with Gasteiger partial charge in [-0.25, -0.2) is 0 Å². The van der Waals surface area contributed by atoms with E-state index in [1.54, 1.807) is 0 Å². The summed E-state index contributed by atoms with van der Waals surface area (Å²) < 4.78 is 0. The van der Waals surface area contributed by atoms with E-state index < -0.39 is 0 Å². The second kappa shape index (κ2) is 5.03. The molecule has 114 valence electrons. The summed E-state index contributed by atoms with van der Waals surface area (Å²) in [6.07, 6.45) is 1.22. The van der Waals surface area contributed by atoms with Crippen LogP contribution in [0.5, 0.6) is 0 Å². The topological polar surface area (TPSA) is 41.1 Å². The fraction of sp³-hybridized carbons (Fsp3) is 0.263. The third kappa shape index (κ3) is 2.02. The summed E-state index contributed by atoms with van der Waals surface area (Å²) in [5, 5.41) is 15.2. The lowest BCUT2D eigenvalue weighted by atomic mass is 10.0. The smallest absolute Gasteiger partial charge is 0.159 e. The molecule has 3 heterocycles. The minimum absolute atomic E-state index is 0.556. The molecule has 3 aromatic rings. The number of anilines is 1. The summed E-state index contributed by atoms with van der Waals surface area (Å²) in [7, 11) is 0. The quantitative estimate of drug-likeness (QED) is 0.790. The summed E-state index contributed by atoms with van der Waals surface area (Å²) in [5.74, 6) is 1.04. The number of aromatic nitrogens is 2. The van der Waals surface area contributed by atoms with E-state index >= 15 is 0 Å². The van der Waals surface area contributed by atoms with Crippen LogP contribution in [0.25, 0.3) is 22.0 Å². The van der Waals surface area contributed by atoms with E-state index in [9.17, 15) is 0 Å². The normalized spacial score (nSPS) is 22.9. The van der Waals surface area contributed by atoms with Crippen LogP contribution in [-0.4, -0.2) is 35.4 Å². The number of nitrogens with zero attached hydrogens (tertiary/aromatic N) is 3. The molecule has 0 radical (unpaired) electrons. The van der Waals surface area contributed by atoms with Gasteiger partial charge in [0, 0.05) is 41.5 Å². The monoisotopic (exact) mass is 302 g/mol. The van der Waals surface area contributed by atoms with Crippen LogP contribution in [0, 0.1) is 0 Å². The van der Waals surface area contributed by atoms with Crippen LogP contribution in [0.2, 0.25) is 0 Å². The van der Waals surface area contributed by atoms with E-state index in [-0.39, 0.29) is 0 Å². The van der Waals surface area contributed by atoms with Crippen molar-refractivity contribution in [2.45, 2.75) is 18.5 Å². The van der Waals surface area contributed by atoms with Crippen LogP contribution in [0.3, 0.4) is 0 Å². The van der Waals surface area contributed by atoms with E-state index in [2.05, 4.69) is 56.8 Å². The minimum atomic E-state index is 0.556. The van der Waals surface area contributed by atoms with Crippen molar-refractivity contribution in [2.24, 2.45) is 0 Å². The Labute approximate surface area is 135 Å². The van der Waals surface area contributed by atoms with Gasteiger partial charge in [-0.05, 0) is 6.42 Å². The van der Waals surface area contributed by atoms with E-state index in [1.807, 2.05) is 18.2 Å². The van der Waals surface area contributed by atoms with E-state index in [4.69, 9.17) is 0 Å². The van der Waals surface area contributed by atoms with Gasteiger partial charge in [0.1, 0.15) is 5.69 Å². The van der Waals surface area contributed by atoms with Gasteiger partial charge in [0.05, 0.1) is 0 Å². The molecule has 1 aromatic heterocycles. The fourth-order valence-corrected chi connectivity index (χ4v) is 3.93. The van der Waals surface area contributed by atoms with Gasteiger partial charge < -0.3 is 10.2 Å². The first-order chi connectivity index (χ1) is 11.4. The SMILES string of the molecule is c1ccc(-c2nnc(N3C[C@@H]4C[C@H]3CN4)c3ccccc23)cc1. The maximum absolute atomic E-state index is 4.63. The van der Waals surface area contributed by atoms with Crippen LogP contribution in [0.15, 0.2) is 54.6 Å². The largest absolute Gasteiger partial charge is 0.349 e. The van der Waals surface area contributed by atoms with Gasteiger partial charge in [-0.3, -0.25) is 0 Å². The molecule has 2 fully saturated rings. The van der Waals surface area contributed by atoms with E-state index in [1.165, 1.54) is 17.2 Å². The third-order valence-electron chi connectivity index (χ3n) is 5.04. The second-order valence-corrected chi connectivity index (χ2v) is 6.43. The number of benzene rings is 2. The molecule has 1 N–H and O–H groups in total. The number of hydrogen-bond acceptors (Lipinski definition) is 4. The summed E-state index contributed by atoms with van der Waals surface area (Å²) in [6, 6.07) is 20.0. The van der Waals surface area contributed by atoms with Crippen LogP contribution in [-0.2, 0) is 0 Å². The lowest BCUT2D eigenvalue weighted by Crippen LogP contribution is -2.44. The van der Waals surface area contributed by atoms with Gasteiger partial charge in [0.15, 0.2) is 5.82 Å². The number of rotatable bonds is 2. The molecule has 0 saturated carbocycles. The van der Waals surface area contributed by atoms with Crippen molar-refractivity contribution in [1.82, 2.24) is 15.5 Å². The average Bonchev–Trinajstić information content (AvgIpc) is 3.25. The van der Waals surface area contributed by atoms with Crippen molar-refractivity contribution in [2.75, 3.05) is 18.0 Å². The first-order valence-corrected chi connectivity index (χ1v) is 8.21. The predicted octanol–water partition coefficient (Wildman–Crippen LogP) is 2.85. The predicted molar refractivity (Wildman–Crippen MR) is 92.5 cm³/mol. The molecule has 2 atom stereocenters. The van der Waals surface area contributed by atoms with Crippen molar-refractivity contribution in [3.05, 3.63) is 54.6 Å². The van der Waals surface area contributed by atoms with Gasteiger partial charge in [-0.1, -0.05) is 54.6 Å². The Kier molecular flexibility index (Phi) is 2.85. The number of piperazine rings is 1. The lowest BCUT2D eigenvalue weighted by molar-refractivity contribution is 0.576. The second-order valence-electron chi connectivity index (χ2n) is 6.43. The molecule has 0 spiro atoms. The Balaban J connectivity index is 1.69. The molecule has 4 heteroatoms. The van der Waals surface area contributed by atoms with Gasteiger partial charge in [0.2, 0.25) is 0 Å². The molecule has 2 saturated heterocycles. The Morgan fingerprint density at radius 1 is 0.913 bits per heavy atom. The molecule has 0 unspecified atom stereocenters. The Morgan fingerprint density at radius 2 is 1.70 bits per heavy atom. The lowest BCUT2D eigenvalue weighted by Gasteiger charge is -2.29. The highest BCUT2D eigenvalue weighted by atomic mass is 15.3. The third-order valence-corrected chi connectivity index (χ3v) is 5.04. The summed E-state index contributed by atoms with van der Waals surface area (Å²) in [5.41, 5.74) is 2.08.